The molecule has 1 aromatic carbocycles. The Hall–Kier alpha value is -2.04. The molecule has 24 heavy (non-hydrogen) atoms. The number of carbonyl (C=O) groups excluding carboxylic acids is 2. The minimum Gasteiger partial charge on any atom is -0.481 e. The van der Waals surface area contributed by atoms with Crippen LogP contribution in [0, 0.1) is 5.41 Å². The van der Waals surface area contributed by atoms with E-state index in [0.29, 0.717) is 19.0 Å². The summed E-state index contributed by atoms with van der Waals surface area (Å²) in [6.45, 7) is 12.2. The van der Waals surface area contributed by atoms with Gasteiger partial charge in [-0.15, -0.1) is 0 Å². The number of rotatable bonds is 7. The molecule has 134 valence electrons. The van der Waals surface area contributed by atoms with Crippen molar-refractivity contribution < 1.29 is 14.3 Å². The van der Waals surface area contributed by atoms with Crippen LogP contribution in [0.1, 0.15) is 53.0 Å². The lowest BCUT2D eigenvalue weighted by atomic mass is 9.96. The van der Waals surface area contributed by atoms with Crippen LogP contribution in [0.2, 0.25) is 0 Å². The Morgan fingerprint density at radius 1 is 1.04 bits per heavy atom. The highest BCUT2D eigenvalue weighted by atomic mass is 16.5. The molecule has 5 heteroatoms. The number of benzene rings is 1. The Morgan fingerprint density at radius 2 is 1.62 bits per heavy atom. The van der Waals surface area contributed by atoms with Gasteiger partial charge in [-0.1, -0.05) is 52.8 Å². The fourth-order valence-electron chi connectivity index (χ4n) is 2.08. The quantitative estimate of drug-likeness (QED) is 0.754. The second kappa shape index (κ2) is 8.71. The number of amides is 2. The molecule has 2 N–H and O–H groups in total. The average Bonchev–Trinajstić information content (AvgIpc) is 2.50. The maximum Gasteiger partial charge on any atom is 0.260 e. The predicted molar refractivity (Wildman–Crippen MR) is 96.1 cm³/mol. The summed E-state index contributed by atoms with van der Waals surface area (Å²) >= 11 is 0. The second-order valence-corrected chi connectivity index (χ2v) is 7.25. The predicted octanol–water partition coefficient (Wildman–Crippen LogP) is 2.86. The number of para-hydroxylation sites is 1. The summed E-state index contributed by atoms with van der Waals surface area (Å²) in [4.78, 5) is 23.9. The zero-order valence-electron chi connectivity index (χ0n) is 15.6. The van der Waals surface area contributed by atoms with Crippen molar-refractivity contribution in [1.82, 2.24) is 10.6 Å². The van der Waals surface area contributed by atoms with Crippen LogP contribution >= 0.6 is 0 Å². The molecular weight excluding hydrogens is 304 g/mol. The molecule has 0 aliphatic rings. The van der Waals surface area contributed by atoms with Crippen LogP contribution in [0.4, 0.5) is 0 Å². The van der Waals surface area contributed by atoms with Crippen molar-refractivity contribution >= 4 is 11.8 Å². The molecule has 1 unspecified atom stereocenters. The molecular formula is C19H30N2O3. The Labute approximate surface area is 145 Å². The van der Waals surface area contributed by atoms with Crippen molar-refractivity contribution in [2.45, 2.75) is 53.6 Å². The van der Waals surface area contributed by atoms with Gasteiger partial charge in [-0.2, -0.15) is 0 Å². The summed E-state index contributed by atoms with van der Waals surface area (Å²) in [6.07, 6.45) is -0.594. The largest absolute Gasteiger partial charge is 0.481 e. The maximum absolute atomic E-state index is 12.1. The van der Waals surface area contributed by atoms with E-state index in [-0.39, 0.29) is 11.8 Å². The number of hydrogen-bond acceptors (Lipinski definition) is 3. The maximum atomic E-state index is 12.1. The molecule has 0 heterocycles. The van der Waals surface area contributed by atoms with Gasteiger partial charge in [0.15, 0.2) is 6.10 Å². The molecule has 0 fully saturated rings. The first-order chi connectivity index (χ1) is 11.1. The lowest BCUT2D eigenvalue weighted by Crippen LogP contribution is -2.43. The van der Waals surface area contributed by atoms with Crippen molar-refractivity contribution in [3.8, 4) is 5.75 Å². The van der Waals surface area contributed by atoms with Crippen LogP contribution in [0.3, 0.4) is 0 Å². The van der Waals surface area contributed by atoms with Gasteiger partial charge in [-0.25, -0.2) is 0 Å². The van der Waals surface area contributed by atoms with E-state index in [4.69, 9.17) is 4.74 Å². The molecule has 0 aliphatic heterocycles. The van der Waals surface area contributed by atoms with E-state index in [0.717, 1.165) is 11.3 Å². The molecule has 0 bridgehead atoms. The van der Waals surface area contributed by atoms with Crippen molar-refractivity contribution in [2.24, 2.45) is 5.41 Å². The van der Waals surface area contributed by atoms with E-state index in [1.807, 2.05) is 45.0 Å². The van der Waals surface area contributed by atoms with Gasteiger partial charge >= 0.3 is 0 Å². The summed E-state index contributed by atoms with van der Waals surface area (Å²) < 4.78 is 5.80. The zero-order valence-corrected chi connectivity index (χ0v) is 15.6. The minimum atomic E-state index is -0.594. The summed E-state index contributed by atoms with van der Waals surface area (Å²) in [5.41, 5.74) is 0.649. The van der Waals surface area contributed by atoms with Crippen LogP contribution < -0.4 is 15.4 Å². The normalized spacial score (nSPS) is 12.6. The lowest BCUT2D eigenvalue weighted by Gasteiger charge is -2.20. The van der Waals surface area contributed by atoms with Gasteiger partial charge in [0.25, 0.3) is 5.91 Å². The van der Waals surface area contributed by atoms with E-state index in [2.05, 4.69) is 24.5 Å². The second-order valence-electron chi connectivity index (χ2n) is 7.25. The topological polar surface area (TPSA) is 67.4 Å². The number of carbonyl (C=O) groups is 2. The van der Waals surface area contributed by atoms with E-state index >= 15 is 0 Å². The number of hydrogen-bond donors (Lipinski definition) is 2. The minimum absolute atomic E-state index is 0.0353. The molecule has 1 aromatic rings. The first kappa shape index (κ1) is 20.0. The van der Waals surface area contributed by atoms with Gasteiger partial charge in [0, 0.05) is 18.5 Å². The fourth-order valence-corrected chi connectivity index (χ4v) is 2.08. The van der Waals surface area contributed by atoms with Crippen LogP contribution in [0.25, 0.3) is 0 Å². The van der Waals surface area contributed by atoms with Gasteiger partial charge in [-0.3, -0.25) is 9.59 Å². The van der Waals surface area contributed by atoms with Gasteiger partial charge in [0.05, 0.1) is 0 Å². The van der Waals surface area contributed by atoms with Gasteiger partial charge in [-0.05, 0) is 24.5 Å². The molecule has 1 rings (SSSR count). The highest BCUT2D eigenvalue weighted by Crippen LogP contribution is 2.26. The first-order valence-electron chi connectivity index (χ1n) is 8.44. The van der Waals surface area contributed by atoms with Crippen molar-refractivity contribution in [2.75, 3.05) is 13.1 Å². The van der Waals surface area contributed by atoms with Gasteiger partial charge < -0.3 is 15.4 Å². The van der Waals surface area contributed by atoms with E-state index < -0.39 is 11.5 Å². The van der Waals surface area contributed by atoms with E-state index in [1.54, 1.807) is 6.92 Å². The molecule has 0 saturated carbocycles. The highest BCUT2D eigenvalue weighted by Gasteiger charge is 2.21. The van der Waals surface area contributed by atoms with E-state index in [9.17, 15) is 9.59 Å². The molecule has 0 saturated heterocycles. The standard InChI is InChI=1S/C19H30N2O3/c1-13(2)15-9-7-8-10-16(15)24-14(3)17(22)20-11-12-21-18(23)19(4,5)6/h7-10,13-14H,11-12H2,1-6H3,(H,20,22)(H,21,23). The Balaban J connectivity index is 2.45. The number of ether oxygens (including phenoxy) is 1. The molecule has 0 radical (unpaired) electrons. The van der Waals surface area contributed by atoms with E-state index in [1.165, 1.54) is 0 Å². The molecule has 5 nitrogen and oxygen atoms in total. The Bertz CT molecular complexity index is 562. The molecule has 0 aliphatic carbocycles. The third-order valence-corrected chi connectivity index (χ3v) is 3.60. The van der Waals surface area contributed by atoms with Crippen LogP contribution in [0.5, 0.6) is 5.75 Å². The number of nitrogens with one attached hydrogen (secondary N) is 2. The molecule has 0 aromatic heterocycles. The van der Waals surface area contributed by atoms with Gasteiger partial charge in [0.2, 0.25) is 5.91 Å². The molecule has 2 amide bonds. The third kappa shape index (κ3) is 6.22. The highest BCUT2D eigenvalue weighted by molar-refractivity contribution is 5.82. The van der Waals surface area contributed by atoms with Crippen LogP contribution in [-0.2, 0) is 9.59 Å². The molecule has 1 atom stereocenters. The average molecular weight is 334 g/mol. The third-order valence-electron chi connectivity index (χ3n) is 3.60. The van der Waals surface area contributed by atoms with Crippen molar-refractivity contribution in [3.05, 3.63) is 29.8 Å². The van der Waals surface area contributed by atoms with Crippen molar-refractivity contribution in [1.29, 1.82) is 0 Å². The zero-order chi connectivity index (χ0) is 18.3. The van der Waals surface area contributed by atoms with Crippen LogP contribution in [0.15, 0.2) is 24.3 Å². The summed E-state index contributed by atoms with van der Waals surface area (Å²) in [7, 11) is 0. The smallest absolute Gasteiger partial charge is 0.260 e. The summed E-state index contributed by atoms with van der Waals surface area (Å²) in [6, 6.07) is 7.74. The summed E-state index contributed by atoms with van der Waals surface area (Å²) in [5.74, 6) is 0.825. The van der Waals surface area contributed by atoms with Crippen molar-refractivity contribution in [3.63, 3.8) is 0 Å². The van der Waals surface area contributed by atoms with Crippen LogP contribution in [-0.4, -0.2) is 31.0 Å². The summed E-state index contributed by atoms with van der Waals surface area (Å²) in [5, 5.41) is 5.58. The Kier molecular flexibility index (Phi) is 7.26. The molecule has 0 spiro atoms. The van der Waals surface area contributed by atoms with Gasteiger partial charge in [0.1, 0.15) is 5.75 Å². The monoisotopic (exact) mass is 334 g/mol. The SMILES string of the molecule is CC(Oc1ccccc1C(C)C)C(=O)NCCNC(=O)C(C)(C)C. The fraction of sp³-hybridized carbons (Fsp3) is 0.579. The Morgan fingerprint density at radius 3 is 2.21 bits per heavy atom. The lowest BCUT2D eigenvalue weighted by molar-refractivity contribution is -0.129. The first-order valence-corrected chi connectivity index (χ1v) is 8.44.